The fraction of sp³-hybridized carbons (Fsp3) is 0.500. The molecule has 1 aromatic heterocycles. The molecule has 0 aromatic carbocycles. The highest BCUT2D eigenvalue weighted by Crippen LogP contribution is 2.35. The molecule has 18 heavy (non-hydrogen) atoms. The van der Waals surface area contributed by atoms with Crippen molar-refractivity contribution in [2.24, 2.45) is 5.92 Å². The topological polar surface area (TPSA) is 24.9 Å². The smallest absolute Gasteiger partial charge is 0.147 e. The van der Waals surface area contributed by atoms with Crippen LogP contribution in [0.1, 0.15) is 31.2 Å². The van der Waals surface area contributed by atoms with E-state index in [1.165, 1.54) is 24.8 Å². The number of piperidine rings is 1. The van der Waals surface area contributed by atoms with Gasteiger partial charge in [0.25, 0.3) is 0 Å². The molecule has 1 saturated heterocycles. The molecule has 4 heteroatoms. The van der Waals surface area contributed by atoms with Gasteiger partial charge >= 0.3 is 0 Å². The van der Waals surface area contributed by atoms with Gasteiger partial charge in [-0.05, 0) is 55.3 Å². The molecule has 0 unspecified atom stereocenters. The van der Waals surface area contributed by atoms with Gasteiger partial charge in [-0.25, -0.2) is 4.98 Å². The van der Waals surface area contributed by atoms with E-state index in [9.17, 15) is 0 Å². The summed E-state index contributed by atoms with van der Waals surface area (Å²) in [4.78, 5) is 4.13. The van der Waals surface area contributed by atoms with Crippen LogP contribution in [-0.4, -0.2) is 17.6 Å². The molecule has 0 bridgehead atoms. The normalized spacial score (nSPS) is 27.6. The van der Waals surface area contributed by atoms with E-state index >= 15 is 0 Å². The maximum atomic E-state index is 6.03. The molecule has 1 aromatic rings. The first-order valence-electron chi connectivity index (χ1n) is 6.49. The van der Waals surface area contributed by atoms with Crippen LogP contribution in [0.4, 0.5) is 0 Å². The minimum Gasteiger partial charge on any atom is -0.310 e. The zero-order chi connectivity index (χ0) is 12.5. The molecular weight excluding hydrogens is 267 g/mol. The SMILES string of the molecule is Clc1cc(C2=C[C@@H]3NCCC[C@@H]3CC2)cnc1Cl. The molecule has 96 valence electrons. The third-order valence-electron chi connectivity index (χ3n) is 3.97. The van der Waals surface area contributed by atoms with E-state index in [-0.39, 0.29) is 0 Å². The summed E-state index contributed by atoms with van der Waals surface area (Å²) in [5, 5.41) is 4.51. The minimum absolute atomic E-state index is 0.380. The van der Waals surface area contributed by atoms with Crippen molar-refractivity contribution < 1.29 is 0 Å². The molecule has 1 fully saturated rings. The van der Waals surface area contributed by atoms with E-state index in [4.69, 9.17) is 23.2 Å². The lowest BCUT2D eigenvalue weighted by molar-refractivity contribution is 0.298. The second-order valence-corrected chi connectivity index (χ2v) is 5.87. The number of hydrogen-bond donors (Lipinski definition) is 1. The van der Waals surface area contributed by atoms with Crippen LogP contribution in [0.15, 0.2) is 18.3 Å². The molecule has 0 radical (unpaired) electrons. The molecule has 2 aliphatic rings. The number of fused-ring (bicyclic) bond motifs is 1. The lowest BCUT2D eigenvalue weighted by Crippen LogP contribution is -2.41. The van der Waals surface area contributed by atoms with Crippen molar-refractivity contribution in [3.8, 4) is 0 Å². The summed E-state index contributed by atoms with van der Waals surface area (Å²) < 4.78 is 0. The molecule has 1 N–H and O–H groups in total. The molecule has 2 heterocycles. The Bertz CT molecular complexity index is 485. The Kier molecular flexibility index (Phi) is 3.60. The quantitative estimate of drug-likeness (QED) is 0.790. The first-order chi connectivity index (χ1) is 8.74. The summed E-state index contributed by atoms with van der Waals surface area (Å²) in [5.41, 5.74) is 2.45. The van der Waals surface area contributed by atoms with Crippen molar-refractivity contribution >= 4 is 28.8 Å². The molecule has 0 spiro atoms. The van der Waals surface area contributed by atoms with E-state index in [2.05, 4.69) is 16.4 Å². The average Bonchev–Trinajstić information content (AvgIpc) is 2.41. The molecule has 0 amide bonds. The van der Waals surface area contributed by atoms with Gasteiger partial charge in [0.1, 0.15) is 5.15 Å². The standard InChI is InChI=1S/C14H16Cl2N2/c15-12-6-11(8-18-14(12)16)10-4-3-9-2-1-5-17-13(9)7-10/h6-9,13,17H,1-5H2/t9-,13+/m1/s1. The van der Waals surface area contributed by atoms with Gasteiger partial charge < -0.3 is 5.32 Å². The second-order valence-electron chi connectivity index (χ2n) is 5.11. The zero-order valence-electron chi connectivity index (χ0n) is 10.1. The number of halogens is 2. The third-order valence-corrected chi connectivity index (χ3v) is 4.66. The van der Waals surface area contributed by atoms with Crippen LogP contribution in [-0.2, 0) is 0 Å². The molecule has 2 atom stereocenters. The Morgan fingerprint density at radius 2 is 2.17 bits per heavy atom. The lowest BCUT2D eigenvalue weighted by Gasteiger charge is -2.35. The van der Waals surface area contributed by atoms with Crippen molar-refractivity contribution in [2.45, 2.75) is 31.7 Å². The van der Waals surface area contributed by atoms with Gasteiger partial charge in [-0.3, -0.25) is 0 Å². The highest BCUT2D eigenvalue weighted by molar-refractivity contribution is 6.41. The Balaban J connectivity index is 1.87. The minimum atomic E-state index is 0.380. The number of aromatic nitrogens is 1. The molecular formula is C14H16Cl2N2. The van der Waals surface area contributed by atoms with Gasteiger partial charge in [0, 0.05) is 12.2 Å². The van der Waals surface area contributed by atoms with Gasteiger partial charge in [0.05, 0.1) is 5.02 Å². The molecule has 0 saturated carbocycles. The van der Waals surface area contributed by atoms with E-state index in [0.717, 1.165) is 24.4 Å². The Hall–Kier alpha value is -0.570. The monoisotopic (exact) mass is 282 g/mol. The summed E-state index contributed by atoms with van der Waals surface area (Å²) >= 11 is 11.9. The van der Waals surface area contributed by atoms with Crippen LogP contribution in [0.2, 0.25) is 10.2 Å². The maximum absolute atomic E-state index is 6.03. The first kappa shape index (κ1) is 12.5. The predicted octanol–water partition coefficient (Wildman–Crippen LogP) is 3.93. The van der Waals surface area contributed by atoms with E-state index in [1.807, 2.05) is 12.3 Å². The Morgan fingerprint density at radius 3 is 3.00 bits per heavy atom. The molecule has 3 rings (SSSR count). The number of nitrogens with zero attached hydrogens (tertiary/aromatic N) is 1. The molecule has 2 nitrogen and oxygen atoms in total. The van der Waals surface area contributed by atoms with E-state index in [1.54, 1.807) is 0 Å². The average molecular weight is 283 g/mol. The number of allylic oxidation sites excluding steroid dienone is 1. The third kappa shape index (κ3) is 2.42. The van der Waals surface area contributed by atoms with Crippen LogP contribution >= 0.6 is 23.2 Å². The fourth-order valence-electron chi connectivity index (χ4n) is 2.98. The Morgan fingerprint density at radius 1 is 1.28 bits per heavy atom. The summed E-state index contributed by atoms with van der Waals surface area (Å²) in [6.45, 7) is 1.13. The van der Waals surface area contributed by atoms with E-state index < -0.39 is 0 Å². The van der Waals surface area contributed by atoms with Gasteiger partial charge in [0.15, 0.2) is 0 Å². The van der Waals surface area contributed by atoms with Gasteiger partial charge in [-0.1, -0.05) is 29.3 Å². The zero-order valence-corrected chi connectivity index (χ0v) is 11.6. The van der Waals surface area contributed by atoms with Crippen molar-refractivity contribution in [2.75, 3.05) is 6.54 Å². The lowest BCUT2D eigenvalue weighted by atomic mass is 9.79. The highest BCUT2D eigenvalue weighted by atomic mass is 35.5. The summed E-state index contributed by atoms with van der Waals surface area (Å²) in [7, 11) is 0. The van der Waals surface area contributed by atoms with Crippen LogP contribution in [0.3, 0.4) is 0 Å². The van der Waals surface area contributed by atoms with Gasteiger partial charge in [-0.2, -0.15) is 0 Å². The van der Waals surface area contributed by atoms with Gasteiger partial charge in [0.2, 0.25) is 0 Å². The molecule has 1 aliphatic carbocycles. The number of rotatable bonds is 1. The van der Waals surface area contributed by atoms with Crippen molar-refractivity contribution in [3.63, 3.8) is 0 Å². The van der Waals surface area contributed by atoms with Crippen LogP contribution in [0, 0.1) is 5.92 Å². The van der Waals surface area contributed by atoms with E-state index in [0.29, 0.717) is 16.2 Å². The summed E-state index contributed by atoms with van der Waals surface area (Å²) in [6.07, 6.45) is 9.20. The van der Waals surface area contributed by atoms with Crippen LogP contribution < -0.4 is 5.32 Å². The van der Waals surface area contributed by atoms with Crippen molar-refractivity contribution in [1.82, 2.24) is 10.3 Å². The number of nitrogens with one attached hydrogen (secondary N) is 1. The maximum Gasteiger partial charge on any atom is 0.147 e. The molecule has 1 aliphatic heterocycles. The van der Waals surface area contributed by atoms with Gasteiger partial charge in [-0.15, -0.1) is 0 Å². The second kappa shape index (κ2) is 5.20. The summed E-state index contributed by atoms with van der Waals surface area (Å²) in [6, 6.07) is 2.45. The predicted molar refractivity (Wildman–Crippen MR) is 76.0 cm³/mol. The van der Waals surface area contributed by atoms with Crippen molar-refractivity contribution in [3.05, 3.63) is 34.1 Å². The fourth-order valence-corrected chi connectivity index (χ4v) is 3.25. The largest absolute Gasteiger partial charge is 0.310 e. The number of pyridine rings is 1. The van der Waals surface area contributed by atoms with Crippen molar-refractivity contribution in [1.29, 1.82) is 0 Å². The van der Waals surface area contributed by atoms with Crippen LogP contribution in [0.25, 0.3) is 5.57 Å². The number of hydrogen-bond acceptors (Lipinski definition) is 2. The Labute approximate surface area is 117 Å². The van der Waals surface area contributed by atoms with Crippen LogP contribution in [0.5, 0.6) is 0 Å². The first-order valence-corrected chi connectivity index (χ1v) is 7.25. The highest BCUT2D eigenvalue weighted by Gasteiger charge is 2.27. The summed E-state index contributed by atoms with van der Waals surface area (Å²) in [5.74, 6) is 0.804.